The van der Waals surface area contributed by atoms with Crippen molar-refractivity contribution in [3.63, 3.8) is 0 Å². The molecule has 1 aliphatic heterocycles. The largest absolute Gasteiger partial charge is 0.358 e. The number of hydrogen-bond acceptors (Lipinski definition) is 3. The number of rotatable bonds is 4. The molecule has 0 unspecified atom stereocenters. The second kappa shape index (κ2) is 5.12. The van der Waals surface area contributed by atoms with Gasteiger partial charge >= 0.3 is 0 Å². The third-order valence-corrected chi connectivity index (χ3v) is 3.51. The van der Waals surface area contributed by atoms with Gasteiger partial charge in [0.25, 0.3) is 11.8 Å². The molecule has 3 amide bonds. The van der Waals surface area contributed by atoms with Gasteiger partial charge in [0.05, 0.1) is 0 Å². The molecule has 5 heteroatoms. The average molecular weight is 236 g/mol. The minimum atomic E-state index is -0.190. The quantitative estimate of drug-likeness (QED) is 0.560. The summed E-state index contributed by atoms with van der Waals surface area (Å²) in [5.41, 5.74) is 0. The lowest BCUT2D eigenvalue weighted by Crippen LogP contribution is -2.42. The van der Waals surface area contributed by atoms with E-state index in [1.165, 1.54) is 17.1 Å². The first-order valence-corrected chi connectivity index (χ1v) is 5.94. The van der Waals surface area contributed by atoms with Crippen molar-refractivity contribution in [1.29, 1.82) is 0 Å². The highest BCUT2D eigenvalue weighted by Crippen LogP contribution is 2.28. The number of amides is 3. The van der Waals surface area contributed by atoms with Crippen LogP contribution in [0.4, 0.5) is 0 Å². The number of carbonyl (C=O) groups is 3. The average Bonchev–Trinajstić information content (AvgIpc) is 2.67. The van der Waals surface area contributed by atoms with Crippen LogP contribution in [0.15, 0.2) is 12.2 Å². The van der Waals surface area contributed by atoms with Crippen LogP contribution in [0.25, 0.3) is 0 Å². The number of imide groups is 1. The Labute approximate surface area is 99.8 Å². The standard InChI is InChI=1S/C12H16N2O3/c15-8-13-7-9-1-3-10(4-2-9)14-11(16)5-6-12(14)17/h5-6,8-10H,1-4,7H2,(H,13,15). The molecular weight excluding hydrogens is 220 g/mol. The van der Waals surface area contributed by atoms with Crippen LogP contribution in [0.3, 0.4) is 0 Å². The molecule has 1 aliphatic carbocycles. The van der Waals surface area contributed by atoms with Crippen LogP contribution in [0, 0.1) is 5.92 Å². The zero-order valence-corrected chi connectivity index (χ0v) is 9.59. The Morgan fingerprint density at radius 3 is 2.29 bits per heavy atom. The van der Waals surface area contributed by atoms with Gasteiger partial charge in [-0.25, -0.2) is 0 Å². The molecule has 2 rings (SSSR count). The third kappa shape index (κ3) is 2.54. The molecule has 1 heterocycles. The zero-order valence-electron chi connectivity index (χ0n) is 9.59. The first-order valence-electron chi connectivity index (χ1n) is 5.94. The van der Waals surface area contributed by atoms with Gasteiger partial charge in [-0.1, -0.05) is 0 Å². The summed E-state index contributed by atoms with van der Waals surface area (Å²) in [5, 5.41) is 2.68. The lowest BCUT2D eigenvalue weighted by atomic mass is 9.85. The Morgan fingerprint density at radius 1 is 1.18 bits per heavy atom. The number of hydrogen-bond donors (Lipinski definition) is 1. The molecule has 5 nitrogen and oxygen atoms in total. The van der Waals surface area contributed by atoms with Crippen molar-refractivity contribution in [3.05, 3.63) is 12.2 Å². The summed E-state index contributed by atoms with van der Waals surface area (Å²) >= 11 is 0. The molecule has 0 aromatic carbocycles. The normalized spacial score (nSPS) is 28.6. The van der Waals surface area contributed by atoms with Gasteiger partial charge in [-0.3, -0.25) is 19.3 Å². The maximum atomic E-state index is 11.5. The Kier molecular flexibility index (Phi) is 3.56. The van der Waals surface area contributed by atoms with Crippen LogP contribution in [0.5, 0.6) is 0 Å². The van der Waals surface area contributed by atoms with Gasteiger partial charge in [0.2, 0.25) is 6.41 Å². The molecule has 0 saturated heterocycles. The Hall–Kier alpha value is -1.65. The number of nitrogens with zero attached hydrogens (tertiary/aromatic N) is 1. The van der Waals surface area contributed by atoms with Gasteiger partial charge in [-0.15, -0.1) is 0 Å². The molecular formula is C12H16N2O3. The molecule has 1 fully saturated rings. The highest BCUT2D eigenvalue weighted by atomic mass is 16.2. The lowest BCUT2D eigenvalue weighted by molar-refractivity contribution is -0.140. The summed E-state index contributed by atoms with van der Waals surface area (Å²) in [7, 11) is 0. The van der Waals surface area contributed by atoms with Crippen LogP contribution in [0.1, 0.15) is 25.7 Å². The zero-order chi connectivity index (χ0) is 12.3. The summed E-state index contributed by atoms with van der Waals surface area (Å²) in [4.78, 5) is 34.5. The van der Waals surface area contributed by atoms with E-state index in [9.17, 15) is 14.4 Å². The van der Waals surface area contributed by atoms with Gasteiger partial charge in [-0.05, 0) is 31.6 Å². The Balaban J connectivity index is 1.85. The van der Waals surface area contributed by atoms with E-state index in [4.69, 9.17) is 0 Å². The van der Waals surface area contributed by atoms with E-state index in [2.05, 4.69) is 5.32 Å². The fraction of sp³-hybridized carbons (Fsp3) is 0.583. The second-order valence-electron chi connectivity index (χ2n) is 4.58. The van der Waals surface area contributed by atoms with E-state index >= 15 is 0 Å². The van der Waals surface area contributed by atoms with E-state index in [1.807, 2.05) is 0 Å². The van der Waals surface area contributed by atoms with Crippen molar-refractivity contribution in [2.75, 3.05) is 6.54 Å². The molecule has 0 atom stereocenters. The first kappa shape index (κ1) is 11.8. The predicted molar refractivity (Wildman–Crippen MR) is 60.8 cm³/mol. The molecule has 2 aliphatic rings. The summed E-state index contributed by atoms with van der Waals surface area (Å²) < 4.78 is 0. The van der Waals surface area contributed by atoms with Crippen molar-refractivity contribution >= 4 is 18.2 Å². The van der Waals surface area contributed by atoms with Crippen molar-refractivity contribution < 1.29 is 14.4 Å². The minimum Gasteiger partial charge on any atom is -0.358 e. The molecule has 0 radical (unpaired) electrons. The Bertz CT molecular complexity index is 339. The van der Waals surface area contributed by atoms with Crippen LogP contribution in [0.2, 0.25) is 0 Å². The molecule has 1 N–H and O–H groups in total. The number of nitrogens with one attached hydrogen (secondary N) is 1. The minimum absolute atomic E-state index is 0.0393. The van der Waals surface area contributed by atoms with Gasteiger partial charge in [0, 0.05) is 24.7 Å². The fourth-order valence-corrected chi connectivity index (χ4v) is 2.59. The van der Waals surface area contributed by atoms with Gasteiger partial charge in [0.15, 0.2) is 0 Å². The molecule has 0 spiro atoms. The van der Waals surface area contributed by atoms with Gasteiger partial charge in [-0.2, -0.15) is 0 Å². The summed E-state index contributed by atoms with van der Waals surface area (Å²) in [5.74, 6) is 0.0890. The van der Waals surface area contributed by atoms with Gasteiger partial charge in [0.1, 0.15) is 0 Å². The van der Waals surface area contributed by atoms with E-state index in [0.717, 1.165) is 25.7 Å². The predicted octanol–water partition coefficient (Wildman–Crippen LogP) is 0.216. The van der Waals surface area contributed by atoms with Gasteiger partial charge < -0.3 is 5.32 Å². The fourth-order valence-electron chi connectivity index (χ4n) is 2.59. The first-order chi connectivity index (χ1) is 8.22. The topological polar surface area (TPSA) is 66.5 Å². The van der Waals surface area contributed by atoms with E-state index in [1.54, 1.807) is 0 Å². The Morgan fingerprint density at radius 2 is 1.76 bits per heavy atom. The summed E-state index contributed by atoms with van der Waals surface area (Å²) in [6.07, 6.45) is 6.95. The molecule has 17 heavy (non-hydrogen) atoms. The molecule has 92 valence electrons. The number of carbonyl (C=O) groups excluding carboxylic acids is 3. The SMILES string of the molecule is O=CNCC1CCC(N2C(=O)C=CC2=O)CC1. The maximum Gasteiger partial charge on any atom is 0.253 e. The van der Waals surface area contributed by atoms with E-state index in [0.29, 0.717) is 18.9 Å². The van der Waals surface area contributed by atoms with Crippen molar-refractivity contribution in [2.24, 2.45) is 5.92 Å². The van der Waals surface area contributed by atoms with Crippen molar-refractivity contribution in [3.8, 4) is 0 Å². The monoisotopic (exact) mass is 236 g/mol. The van der Waals surface area contributed by atoms with Crippen molar-refractivity contribution in [2.45, 2.75) is 31.7 Å². The van der Waals surface area contributed by atoms with E-state index < -0.39 is 0 Å². The van der Waals surface area contributed by atoms with Crippen molar-refractivity contribution in [1.82, 2.24) is 10.2 Å². The lowest BCUT2D eigenvalue weighted by Gasteiger charge is -2.33. The molecule has 0 bridgehead atoms. The highest BCUT2D eigenvalue weighted by molar-refractivity contribution is 6.13. The molecule has 1 saturated carbocycles. The smallest absolute Gasteiger partial charge is 0.253 e. The highest BCUT2D eigenvalue weighted by Gasteiger charge is 2.33. The van der Waals surface area contributed by atoms with E-state index in [-0.39, 0.29) is 17.9 Å². The summed E-state index contributed by atoms with van der Waals surface area (Å²) in [6, 6.07) is 0.0393. The maximum absolute atomic E-state index is 11.5. The molecule has 0 aromatic heterocycles. The second-order valence-corrected chi connectivity index (χ2v) is 4.58. The van der Waals surface area contributed by atoms with Crippen LogP contribution >= 0.6 is 0 Å². The van der Waals surface area contributed by atoms with Crippen LogP contribution in [-0.4, -0.2) is 35.7 Å². The van der Waals surface area contributed by atoms with Crippen LogP contribution < -0.4 is 5.32 Å². The summed E-state index contributed by atoms with van der Waals surface area (Å²) in [6.45, 7) is 0.691. The van der Waals surface area contributed by atoms with Crippen LogP contribution in [-0.2, 0) is 14.4 Å². The molecule has 0 aromatic rings. The third-order valence-electron chi connectivity index (χ3n) is 3.51.